The Balaban J connectivity index is 1.89. The number of methoxy groups -OCH3 is 1. The molecule has 1 aliphatic rings. The lowest BCUT2D eigenvalue weighted by atomic mass is 10.1. The molecular formula is C15H24N2O2. The Hall–Kier alpha value is -1.10. The van der Waals surface area contributed by atoms with Crippen LogP contribution in [-0.4, -0.2) is 49.4 Å². The first kappa shape index (κ1) is 14.3. The van der Waals surface area contributed by atoms with Crippen molar-refractivity contribution in [3.63, 3.8) is 0 Å². The number of ether oxygens (including phenoxy) is 1. The molecule has 1 saturated heterocycles. The number of hydrogen-bond acceptors (Lipinski definition) is 4. The van der Waals surface area contributed by atoms with Crippen molar-refractivity contribution in [2.45, 2.75) is 25.4 Å². The number of phenolic OH excluding ortho intramolecular Hbond substituents is 1. The van der Waals surface area contributed by atoms with Crippen molar-refractivity contribution < 1.29 is 9.84 Å². The smallest absolute Gasteiger partial charge is 0.115 e. The third kappa shape index (κ3) is 4.82. The summed E-state index contributed by atoms with van der Waals surface area (Å²) in [6.45, 7) is 4.80. The molecule has 19 heavy (non-hydrogen) atoms. The second-order valence-electron chi connectivity index (χ2n) is 5.19. The minimum Gasteiger partial charge on any atom is -0.508 e. The van der Waals surface area contributed by atoms with E-state index in [1.54, 1.807) is 19.2 Å². The quantitative estimate of drug-likeness (QED) is 0.785. The molecule has 1 atom stereocenters. The van der Waals surface area contributed by atoms with Gasteiger partial charge in [-0.2, -0.15) is 0 Å². The maximum atomic E-state index is 9.32. The molecular weight excluding hydrogens is 240 g/mol. The van der Waals surface area contributed by atoms with Gasteiger partial charge >= 0.3 is 0 Å². The Kier molecular flexibility index (Phi) is 5.63. The molecule has 1 fully saturated rings. The van der Waals surface area contributed by atoms with Gasteiger partial charge in [0.15, 0.2) is 0 Å². The van der Waals surface area contributed by atoms with Crippen molar-refractivity contribution in [1.29, 1.82) is 0 Å². The van der Waals surface area contributed by atoms with E-state index in [2.05, 4.69) is 10.2 Å². The summed E-state index contributed by atoms with van der Waals surface area (Å²) < 4.78 is 5.19. The standard InChI is InChI=1S/C15H24N2O2/c1-19-10-9-17(12-14-3-2-8-16-14)11-13-4-6-15(18)7-5-13/h4-7,14,16,18H,2-3,8-12H2,1H3. The Morgan fingerprint density at radius 1 is 1.37 bits per heavy atom. The average molecular weight is 264 g/mol. The third-order valence-corrected chi connectivity index (χ3v) is 3.60. The van der Waals surface area contributed by atoms with Crippen LogP contribution in [0.3, 0.4) is 0 Å². The molecule has 0 amide bonds. The van der Waals surface area contributed by atoms with Crippen LogP contribution >= 0.6 is 0 Å². The molecule has 2 rings (SSSR count). The molecule has 106 valence electrons. The predicted octanol–water partition coefficient (Wildman–Crippen LogP) is 1.59. The largest absolute Gasteiger partial charge is 0.508 e. The molecule has 0 aliphatic carbocycles. The topological polar surface area (TPSA) is 44.7 Å². The van der Waals surface area contributed by atoms with Gasteiger partial charge in [0.2, 0.25) is 0 Å². The molecule has 0 spiro atoms. The lowest BCUT2D eigenvalue weighted by Gasteiger charge is -2.25. The SMILES string of the molecule is COCCN(Cc1ccc(O)cc1)CC1CCCN1. The second-order valence-corrected chi connectivity index (χ2v) is 5.19. The first-order valence-electron chi connectivity index (χ1n) is 7.00. The number of rotatable bonds is 7. The van der Waals surface area contributed by atoms with Gasteiger partial charge < -0.3 is 15.2 Å². The Bertz CT molecular complexity index is 361. The third-order valence-electron chi connectivity index (χ3n) is 3.60. The van der Waals surface area contributed by atoms with Crippen LogP contribution in [0.2, 0.25) is 0 Å². The van der Waals surface area contributed by atoms with Gasteiger partial charge in [0, 0.05) is 32.8 Å². The number of nitrogens with zero attached hydrogens (tertiary/aromatic N) is 1. The van der Waals surface area contributed by atoms with Crippen LogP contribution in [0.1, 0.15) is 18.4 Å². The summed E-state index contributed by atoms with van der Waals surface area (Å²) in [5, 5.41) is 12.9. The molecule has 4 heteroatoms. The van der Waals surface area contributed by atoms with E-state index in [1.807, 2.05) is 12.1 Å². The second kappa shape index (κ2) is 7.48. The maximum absolute atomic E-state index is 9.32. The first-order chi connectivity index (χ1) is 9.28. The highest BCUT2D eigenvalue weighted by atomic mass is 16.5. The first-order valence-corrected chi connectivity index (χ1v) is 7.00. The Labute approximate surface area is 115 Å². The van der Waals surface area contributed by atoms with Crippen molar-refractivity contribution in [2.24, 2.45) is 0 Å². The lowest BCUT2D eigenvalue weighted by Crippen LogP contribution is -2.38. The monoisotopic (exact) mass is 264 g/mol. The normalized spacial score (nSPS) is 19.2. The average Bonchev–Trinajstić information content (AvgIpc) is 2.91. The van der Waals surface area contributed by atoms with Gasteiger partial charge in [-0.1, -0.05) is 12.1 Å². The fourth-order valence-electron chi connectivity index (χ4n) is 2.54. The van der Waals surface area contributed by atoms with E-state index in [1.165, 1.54) is 18.4 Å². The zero-order chi connectivity index (χ0) is 13.5. The van der Waals surface area contributed by atoms with Crippen LogP contribution in [0.25, 0.3) is 0 Å². The van der Waals surface area contributed by atoms with E-state index >= 15 is 0 Å². The molecule has 1 heterocycles. The maximum Gasteiger partial charge on any atom is 0.115 e. The summed E-state index contributed by atoms with van der Waals surface area (Å²) in [5.41, 5.74) is 1.23. The van der Waals surface area contributed by atoms with Gasteiger partial charge in [-0.25, -0.2) is 0 Å². The van der Waals surface area contributed by atoms with E-state index in [0.717, 1.165) is 32.8 Å². The molecule has 0 bridgehead atoms. The number of hydrogen-bond donors (Lipinski definition) is 2. The zero-order valence-corrected chi connectivity index (χ0v) is 11.6. The van der Waals surface area contributed by atoms with Crippen LogP contribution in [0.15, 0.2) is 24.3 Å². The summed E-state index contributed by atoms with van der Waals surface area (Å²) in [4.78, 5) is 2.42. The number of benzene rings is 1. The molecule has 1 aromatic rings. The van der Waals surface area contributed by atoms with E-state index in [9.17, 15) is 5.11 Å². The molecule has 0 radical (unpaired) electrons. The molecule has 0 aromatic heterocycles. The highest BCUT2D eigenvalue weighted by molar-refractivity contribution is 5.25. The molecule has 2 N–H and O–H groups in total. The number of phenols is 1. The minimum atomic E-state index is 0.324. The van der Waals surface area contributed by atoms with Gasteiger partial charge in [0.1, 0.15) is 5.75 Å². The Morgan fingerprint density at radius 3 is 2.79 bits per heavy atom. The summed E-state index contributed by atoms with van der Waals surface area (Å²) in [6, 6.07) is 8.07. The van der Waals surface area contributed by atoms with Gasteiger partial charge in [-0.15, -0.1) is 0 Å². The number of nitrogens with one attached hydrogen (secondary N) is 1. The van der Waals surface area contributed by atoms with Crippen LogP contribution < -0.4 is 5.32 Å². The summed E-state index contributed by atoms with van der Waals surface area (Å²) in [7, 11) is 1.74. The fourth-order valence-corrected chi connectivity index (χ4v) is 2.54. The van der Waals surface area contributed by atoms with E-state index < -0.39 is 0 Å². The minimum absolute atomic E-state index is 0.324. The molecule has 0 saturated carbocycles. The van der Waals surface area contributed by atoms with Crippen LogP contribution in [0.5, 0.6) is 5.75 Å². The fraction of sp³-hybridized carbons (Fsp3) is 0.600. The lowest BCUT2D eigenvalue weighted by molar-refractivity contribution is 0.138. The summed E-state index contributed by atoms with van der Waals surface area (Å²) >= 11 is 0. The van der Waals surface area contributed by atoms with Crippen molar-refractivity contribution in [2.75, 3.05) is 33.4 Å². The van der Waals surface area contributed by atoms with E-state index in [4.69, 9.17) is 4.74 Å². The number of aromatic hydroxyl groups is 1. The zero-order valence-electron chi connectivity index (χ0n) is 11.6. The molecule has 1 aromatic carbocycles. The molecule has 1 aliphatic heterocycles. The van der Waals surface area contributed by atoms with Crippen molar-refractivity contribution in [1.82, 2.24) is 10.2 Å². The summed E-state index contributed by atoms with van der Waals surface area (Å²) in [5.74, 6) is 0.324. The van der Waals surface area contributed by atoms with Crippen molar-refractivity contribution in [3.8, 4) is 5.75 Å². The van der Waals surface area contributed by atoms with E-state index in [-0.39, 0.29) is 0 Å². The van der Waals surface area contributed by atoms with Crippen molar-refractivity contribution >= 4 is 0 Å². The van der Waals surface area contributed by atoms with Crippen LogP contribution in [-0.2, 0) is 11.3 Å². The van der Waals surface area contributed by atoms with Crippen LogP contribution in [0, 0.1) is 0 Å². The van der Waals surface area contributed by atoms with Gasteiger partial charge in [0.05, 0.1) is 6.61 Å². The molecule has 4 nitrogen and oxygen atoms in total. The van der Waals surface area contributed by atoms with Gasteiger partial charge in [0.25, 0.3) is 0 Å². The van der Waals surface area contributed by atoms with Gasteiger partial charge in [-0.3, -0.25) is 4.90 Å². The van der Waals surface area contributed by atoms with Gasteiger partial charge in [-0.05, 0) is 37.1 Å². The highest BCUT2D eigenvalue weighted by Gasteiger charge is 2.17. The highest BCUT2D eigenvalue weighted by Crippen LogP contribution is 2.13. The summed E-state index contributed by atoms with van der Waals surface area (Å²) in [6.07, 6.45) is 2.54. The Morgan fingerprint density at radius 2 is 2.16 bits per heavy atom. The van der Waals surface area contributed by atoms with E-state index in [0.29, 0.717) is 11.8 Å². The molecule has 1 unspecified atom stereocenters. The predicted molar refractivity (Wildman–Crippen MR) is 76.3 cm³/mol. The van der Waals surface area contributed by atoms with Crippen molar-refractivity contribution in [3.05, 3.63) is 29.8 Å². The van der Waals surface area contributed by atoms with Crippen LogP contribution in [0.4, 0.5) is 0 Å².